The molecule has 0 aliphatic carbocycles. The van der Waals surface area contributed by atoms with Gasteiger partial charge in [-0.3, -0.25) is 4.55 Å². The van der Waals surface area contributed by atoms with Gasteiger partial charge in [0.25, 0.3) is 10.1 Å². The second kappa shape index (κ2) is 3.84. The predicted octanol–water partition coefficient (Wildman–Crippen LogP) is 2.38. The van der Waals surface area contributed by atoms with Gasteiger partial charge in [0, 0.05) is 15.6 Å². The van der Waals surface area contributed by atoms with Crippen molar-refractivity contribution in [1.29, 1.82) is 0 Å². The second-order valence-electron chi connectivity index (χ2n) is 2.43. The average molecular weight is 241 g/mol. The monoisotopic (exact) mass is 240 g/mol. The standard InChI is InChI=1S/C7H6Cl2O3S/c8-6-2-1-3-7(9)5(6)4-13(10,11)12/h1-3H,4H2,(H,10,11,12). The second-order valence-corrected chi connectivity index (χ2v) is 4.69. The molecule has 1 aromatic carbocycles. The molecule has 0 amide bonds. The molecule has 0 bridgehead atoms. The van der Waals surface area contributed by atoms with Crippen LogP contribution in [0, 0.1) is 0 Å². The van der Waals surface area contributed by atoms with Gasteiger partial charge in [-0.05, 0) is 12.1 Å². The van der Waals surface area contributed by atoms with Crippen LogP contribution in [-0.4, -0.2) is 13.0 Å². The molecule has 0 atom stereocenters. The highest BCUT2D eigenvalue weighted by Gasteiger charge is 2.12. The summed E-state index contributed by atoms with van der Waals surface area (Å²) < 4.78 is 29.7. The predicted molar refractivity (Wildman–Crippen MR) is 51.7 cm³/mol. The molecule has 1 N–H and O–H groups in total. The van der Waals surface area contributed by atoms with Gasteiger partial charge in [-0.1, -0.05) is 29.3 Å². The summed E-state index contributed by atoms with van der Waals surface area (Å²) in [4.78, 5) is 0. The van der Waals surface area contributed by atoms with Crippen molar-refractivity contribution < 1.29 is 13.0 Å². The summed E-state index contributed by atoms with van der Waals surface area (Å²) in [6.45, 7) is 0. The van der Waals surface area contributed by atoms with Crippen LogP contribution >= 0.6 is 23.2 Å². The van der Waals surface area contributed by atoms with E-state index in [1.54, 1.807) is 6.07 Å². The fraction of sp³-hybridized carbons (Fsp3) is 0.143. The summed E-state index contributed by atoms with van der Waals surface area (Å²) in [5.74, 6) is -0.564. The Kier molecular flexibility index (Phi) is 3.18. The molecule has 0 unspecified atom stereocenters. The minimum Gasteiger partial charge on any atom is -0.285 e. The topological polar surface area (TPSA) is 54.4 Å². The van der Waals surface area contributed by atoms with Gasteiger partial charge < -0.3 is 0 Å². The Bertz CT molecular complexity index is 393. The van der Waals surface area contributed by atoms with Crippen LogP contribution in [0.4, 0.5) is 0 Å². The van der Waals surface area contributed by atoms with Crippen molar-refractivity contribution in [2.45, 2.75) is 5.75 Å². The normalized spacial score (nSPS) is 11.6. The van der Waals surface area contributed by atoms with Crippen molar-refractivity contribution in [3.05, 3.63) is 33.8 Å². The summed E-state index contributed by atoms with van der Waals surface area (Å²) in [7, 11) is -4.09. The zero-order valence-corrected chi connectivity index (χ0v) is 8.70. The Morgan fingerprint density at radius 1 is 1.23 bits per heavy atom. The molecule has 0 aromatic heterocycles. The van der Waals surface area contributed by atoms with E-state index >= 15 is 0 Å². The van der Waals surface area contributed by atoms with E-state index in [2.05, 4.69) is 0 Å². The minimum atomic E-state index is -4.09. The fourth-order valence-electron chi connectivity index (χ4n) is 0.853. The van der Waals surface area contributed by atoms with Gasteiger partial charge in [-0.15, -0.1) is 0 Å². The Labute approximate surface area is 86.0 Å². The molecule has 3 nitrogen and oxygen atoms in total. The molecule has 0 saturated carbocycles. The third-order valence-corrected chi connectivity index (χ3v) is 2.75. The lowest BCUT2D eigenvalue weighted by Gasteiger charge is -2.03. The van der Waals surface area contributed by atoms with Crippen molar-refractivity contribution in [2.75, 3.05) is 0 Å². The largest absolute Gasteiger partial charge is 0.285 e. The highest BCUT2D eigenvalue weighted by Crippen LogP contribution is 2.25. The van der Waals surface area contributed by atoms with Crippen LogP contribution in [-0.2, 0) is 15.9 Å². The first-order valence-electron chi connectivity index (χ1n) is 3.28. The Morgan fingerprint density at radius 2 is 1.69 bits per heavy atom. The summed E-state index contributed by atoms with van der Waals surface area (Å²) in [6.07, 6.45) is 0. The van der Waals surface area contributed by atoms with Gasteiger partial charge in [0.05, 0.1) is 0 Å². The van der Waals surface area contributed by atoms with Crippen LogP contribution in [0.2, 0.25) is 10.0 Å². The highest BCUT2D eigenvalue weighted by molar-refractivity contribution is 7.85. The maximum Gasteiger partial charge on any atom is 0.269 e. The van der Waals surface area contributed by atoms with Gasteiger partial charge >= 0.3 is 0 Å². The van der Waals surface area contributed by atoms with Crippen LogP contribution < -0.4 is 0 Å². The number of benzene rings is 1. The SMILES string of the molecule is O=S(=O)(O)Cc1c(Cl)cccc1Cl. The first-order valence-corrected chi connectivity index (χ1v) is 5.65. The van der Waals surface area contributed by atoms with E-state index in [4.69, 9.17) is 27.8 Å². The van der Waals surface area contributed by atoms with E-state index in [9.17, 15) is 8.42 Å². The molecule has 72 valence electrons. The lowest BCUT2D eigenvalue weighted by Crippen LogP contribution is -2.02. The van der Waals surface area contributed by atoms with Crippen molar-refractivity contribution in [3.63, 3.8) is 0 Å². The van der Waals surface area contributed by atoms with Crippen LogP contribution in [0.5, 0.6) is 0 Å². The quantitative estimate of drug-likeness (QED) is 0.808. The van der Waals surface area contributed by atoms with Gasteiger partial charge in [-0.25, -0.2) is 0 Å². The van der Waals surface area contributed by atoms with Crippen molar-refractivity contribution in [1.82, 2.24) is 0 Å². The Hall–Kier alpha value is -0.290. The van der Waals surface area contributed by atoms with Crippen molar-refractivity contribution in [3.8, 4) is 0 Å². The molecule has 1 rings (SSSR count). The number of rotatable bonds is 2. The van der Waals surface area contributed by atoms with Gasteiger partial charge in [0.1, 0.15) is 5.75 Å². The molecule has 6 heteroatoms. The Morgan fingerprint density at radius 3 is 2.08 bits per heavy atom. The maximum atomic E-state index is 10.5. The Balaban J connectivity index is 3.15. The molecule has 0 aliphatic heterocycles. The van der Waals surface area contributed by atoms with Crippen molar-refractivity contribution >= 4 is 33.3 Å². The first-order chi connectivity index (χ1) is 5.90. The molecule has 0 saturated heterocycles. The maximum absolute atomic E-state index is 10.5. The fourth-order valence-corrected chi connectivity index (χ4v) is 2.22. The number of hydrogen-bond acceptors (Lipinski definition) is 2. The van der Waals surface area contributed by atoms with Gasteiger partial charge in [0.2, 0.25) is 0 Å². The minimum absolute atomic E-state index is 0.216. The smallest absolute Gasteiger partial charge is 0.269 e. The van der Waals surface area contributed by atoms with E-state index in [1.807, 2.05) is 0 Å². The number of hydrogen-bond donors (Lipinski definition) is 1. The van der Waals surface area contributed by atoms with E-state index in [0.29, 0.717) is 0 Å². The van der Waals surface area contributed by atoms with Gasteiger partial charge in [0.15, 0.2) is 0 Å². The molecular formula is C7H6Cl2O3S. The highest BCUT2D eigenvalue weighted by atomic mass is 35.5. The summed E-state index contributed by atoms with van der Waals surface area (Å²) in [6, 6.07) is 4.61. The lowest BCUT2D eigenvalue weighted by atomic mass is 10.2. The van der Waals surface area contributed by atoms with Crippen molar-refractivity contribution in [2.24, 2.45) is 0 Å². The summed E-state index contributed by atoms with van der Waals surface area (Å²) >= 11 is 11.4. The molecule has 0 radical (unpaired) electrons. The van der Waals surface area contributed by atoms with Crippen LogP contribution in [0.3, 0.4) is 0 Å². The zero-order valence-electron chi connectivity index (χ0n) is 6.37. The third-order valence-electron chi connectivity index (χ3n) is 1.39. The van der Waals surface area contributed by atoms with E-state index < -0.39 is 15.9 Å². The first kappa shape index (κ1) is 10.8. The molecule has 0 fully saturated rings. The van der Waals surface area contributed by atoms with Crippen LogP contribution in [0.15, 0.2) is 18.2 Å². The van der Waals surface area contributed by atoms with Gasteiger partial charge in [-0.2, -0.15) is 8.42 Å². The summed E-state index contributed by atoms with van der Waals surface area (Å²) in [5.41, 5.74) is 0.216. The summed E-state index contributed by atoms with van der Waals surface area (Å²) in [5, 5.41) is 0.454. The molecule has 1 aromatic rings. The zero-order chi connectivity index (χ0) is 10.1. The lowest BCUT2D eigenvalue weighted by molar-refractivity contribution is 0.482. The van der Waals surface area contributed by atoms with Crippen LogP contribution in [0.25, 0.3) is 0 Å². The number of halogens is 2. The third kappa shape index (κ3) is 3.15. The molecule has 13 heavy (non-hydrogen) atoms. The molecule has 0 heterocycles. The van der Waals surface area contributed by atoms with E-state index in [0.717, 1.165) is 0 Å². The van der Waals surface area contributed by atoms with E-state index in [-0.39, 0.29) is 15.6 Å². The van der Waals surface area contributed by atoms with Crippen LogP contribution in [0.1, 0.15) is 5.56 Å². The molecular weight excluding hydrogens is 235 g/mol. The molecule has 0 aliphatic rings. The average Bonchev–Trinajstić information content (AvgIpc) is 1.95. The van der Waals surface area contributed by atoms with E-state index in [1.165, 1.54) is 12.1 Å². The molecule has 0 spiro atoms.